The van der Waals surface area contributed by atoms with Crippen molar-refractivity contribution in [3.63, 3.8) is 0 Å². The molecule has 0 saturated heterocycles. The van der Waals surface area contributed by atoms with Crippen LogP contribution >= 0.6 is 0 Å². The number of hydrogen-bond donors (Lipinski definition) is 2. The molecular formula is C16H20N4O3. The van der Waals surface area contributed by atoms with Crippen LogP contribution in [0.15, 0.2) is 29.0 Å². The van der Waals surface area contributed by atoms with Gasteiger partial charge in [0, 0.05) is 25.0 Å². The summed E-state index contributed by atoms with van der Waals surface area (Å²) in [4.78, 5) is 28.1. The van der Waals surface area contributed by atoms with Crippen molar-refractivity contribution in [2.75, 3.05) is 11.9 Å². The zero-order valence-corrected chi connectivity index (χ0v) is 13.3. The molecule has 0 aromatic carbocycles. The average molecular weight is 316 g/mol. The Balaban J connectivity index is 1.98. The fourth-order valence-electron chi connectivity index (χ4n) is 1.98. The highest BCUT2D eigenvalue weighted by Crippen LogP contribution is 2.10. The number of anilines is 1. The van der Waals surface area contributed by atoms with Gasteiger partial charge in [-0.05, 0) is 19.4 Å². The van der Waals surface area contributed by atoms with Crippen molar-refractivity contribution in [1.29, 1.82) is 0 Å². The van der Waals surface area contributed by atoms with E-state index < -0.39 is 5.91 Å². The zero-order chi connectivity index (χ0) is 16.7. The lowest BCUT2D eigenvalue weighted by molar-refractivity contribution is 0.0952. The van der Waals surface area contributed by atoms with Gasteiger partial charge in [0.25, 0.3) is 11.8 Å². The van der Waals surface area contributed by atoms with Crippen molar-refractivity contribution >= 4 is 17.6 Å². The lowest BCUT2D eigenvalue weighted by Gasteiger charge is -2.06. The number of carbonyl (C=O) groups is 2. The van der Waals surface area contributed by atoms with E-state index in [1.807, 2.05) is 0 Å². The summed E-state index contributed by atoms with van der Waals surface area (Å²) < 4.78 is 4.88. The van der Waals surface area contributed by atoms with Crippen LogP contribution in [-0.4, -0.2) is 28.5 Å². The van der Waals surface area contributed by atoms with Crippen LogP contribution in [0.3, 0.4) is 0 Å². The van der Waals surface area contributed by atoms with Crippen LogP contribution in [-0.2, 0) is 0 Å². The molecule has 0 atom stereocenters. The maximum absolute atomic E-state index is 12.1. The van der Waals surface area contributed by atoms with Gasteiger partial charge in [-0.2, -0.15) is 0 Å². The molecule has 2 rings (SSSR count). The van der Waals surface area contributed by atoms with Crippen LogP contribution < -0.4 is 10.6 Å². The molecule has 0 fully saturated rings. The Morgan fingerprint density at radius 3 is 2.52 bits per heavy atom. The lowest BCUT2D eigenvalue weighted by atomic mass is 10.2. The molecule has 122 valence electrons. The van der Waals surface area contributed by atoms with Crippen LogP contribution in [0.4, 0.5) is 5.82 Å². The van der Waals surface area contributed by atoms with Gasteiger partial charge in [-0.3, -0.25) is 14.6 Å². The summed E-state index contributed by atoms with van der Waals surface area (Å²) in [6.45, 7) is 4.44. The smallest absolute Gasteiger partial charge is 0.258 e. The van der Waals surface area contributed by atoms with E-state index in [1.165, 1.54) is 18.5 Å². The molecule has 2 N–H and O–H groups in total. The Kier molecular flexibility index (Phi) is 5.85. The molecule has 0 aliphatic heterocycles. The third-order valence-corrected chi connectivity index (χ3v) is 3.20. The Hall–Kier alpha value is -2.70. The molecule has 0 unspecified atom stereocenters. The lowest BCUT2D eigenvalue weighted by Crippen LogP contribution is -2.25. The topological polar surface area (TPSA) is 97.1 Å². The summed E-state index contributed by atoms with van der Waals surface area (Å²) in [6.07, 6.45) is 5.93. The number of carbonyl (C=O) groups excluding carboxylic acids is 2. The van der Waals surface area contributed by atoms with Crippen molar-refractivity contribution in [3.05, 3.63) is 41.4 Å². The van der Waals surface area contributed by atoms with Gasteiger partial charge in [0.2, 0.25) is 0 Å². The van der Waals surface area contributed by atoms with Gasteiger partial charge < -0.3 is 15.2 Å². The average Bonchev–Trinajstić information content (AvgIpc) is 2.96. The quantitative estimate of drug-likeness (QED) is 0.765. The molecule has 2 heterocycles. The number of hydrogen-bond acceptors (Lipinski definition) is 5. The number of nitrogens with one attached hydrogen (secondary N) is 2. The summed E-state index contributed by atoms with van der Waals surface area (Å²) in [5.74, 6) is 0.285. The van der Waals surface area contributed by atoms with E-state index in [0.717, 1.165) is 19.3 Å². The van der Waals surface area contributed by atoms with E-state index in [2.05, 4.69) is 27.7 Å². The van der Waals surface area contributed by atoms with Gasteiger partial charge in [0.05, 0.1) is 11.1 Å². The monoisotopic (exact) mass is 316 g/mol. The molecule has 0 aliphatic rings. The second kappa shape index (κ2) is 8.07. The van der Waals surface area contributed by atoms with E-state index in [4.69, 9.17) is 4.52 Å². The van der Waals surface area contributed by atoms with E-state index in [-0.39, 0.29) is 11.5 Å². The van der Waals surface area contributed by atoms with Gasteiger partial charge in [-0.1, -0.05) is 24.9 Å². The predicted octanol–water partition coefficient (Wildman–Crippen LogP) is 2.55. The Labute approximate surface area is 134 Å². The maximum Gasteiger partial charge on any atom is 0.258 e. The van der Waals surface area contributed by atoms with Crippen molar-refractivity contribution in [2.45, 2.75) is 33.1 Å². The number of unbranched alkanes of at least 4 members (excludes halogenated alkanes) is 2. The molecule has 2 aromatic rings. The molecule has 0 saturated carbocycles. The highest BCUT2D eigenvalue weighted by atomic mass is 16.5. The first-order valence-corrected chi connectivity index (χ1v) is 7.58. The Morgan fingerprint density at radius 1 is 1.13 bits per heavy atom. The first-order chi connectivity index (χ1) is 11.1. The van der Waals surface area contributed by atoms with Gasteiger partial charge in [-0.25, -0.2) is 0 Å². The number of aromatic nitrogens is 2. The second-order valence-corrected chi connectivity index (χ2v) is 5.20. The molecule has 2 aromatic heterocycles. The molecule has 7 nitrogen and oxygen atoms in total. The van der Waals surface area contributed by atoms with Crippen LogP contribution in [0.1, 0.15) is 52.7 Å². The van der Waals surface area contributed by atoms with Gasteiger partial charge >= 0.3 is 0 Å². The summed E-state index contributed by atoms with van der Waals surface area (Å²) in [7, 11) is 0. The standard InChI is InChI=1S/C16H20N4O3/c1-3-4-5-6-18-15(21)12-8-13(10-17-9-12)16(22)19-14-7-11(2)23-20-14/h7-10H,3-6H2,1-2H3,(H,18,21)(H,19,20,22). The number of amides is 2. The Morgan fingerprint density at radius 2 is 1.87 bits per heavy atom. The van der Waals surface area contributed by atoms with E-state index in [1.54, 1.807) is 13.0 Å². The minimum atomic E-state index is -0.397. The molecule has 0 bridgehead atoms. The minimum Gasteiger partial charge on any atom is -0.360 e. The van der Waals surface area contributed by atoms with Crippen LogP contribution in [0, 0.1) is 6.92 Å². The summed E-state index contributed by atoms with van der Waals surface area (Å²) in [6, 6.07) is 3.11. The van der Waals surface area contributed by atoms with Crippen molar-refractivity contribution < 1.29 is 14.1 Å². The highest BCUT2D eigenvalue weighted by Gasteiger charge is 2.12. The first-order valence-electron chi connectivity index (χ1n) is 7.58. The van der Waals surface area contributed by atoms with Gasteiger partial charge in [-0.15, -0.1) is 0 Å². The number of pyridine rings is 1. The normalized spacial score (nSPS) is 10.3. The number of aryl methyl sites for hydroxylation is 1. The molecule has 0 radical (unpaired) electrons. The number of nitrogens with zero attached hydrogens (tertiary/aromatic N) is 2. The van der Waals surface area contributed by atoms with Gasteiger partial charge in [0.1, 0.15) is 5.76 Å². The number of rotatable bonds is 7. The fourth-order valence-corrected chi connectivity index (χ4v) is 1.98. The Bertz CT molecular complexity index is 681. The molecular weight excluding hydrogens is 296 g/mol. The third-order valence-electron chi connectivity index (χ3n) is 3.20. The van der Waals surface area contributed by atoms with Crippen LogP contribution in [0.5, 0.6) is 0 Å². The zero-order valence-electron chi connectivity index (χ0n) is 13.3. The predicted molar refractivity (Wildman–Crippen MR) is 85.3 cm³/mol. The third kappa shape index (κ3) is 4.91. The van der Waals surface area contributed by atoms with Gasteiger partial charge in [0.15, 0.2) is 5.82 Å². The van der Waals surface area contributed by atoms with E-state index in [0.29, 0.717) is 23.7 Å². The van der Waals surface area contributed by atoms with E-state index in [9.17, 15) is 9.59 Å². The van der Waals surface area contributed by atoms with Crippen LogP contribution in [0.25, 0.3) is 0 Å². The minimum absolute atomic E-state index is 0.236. The van der Waals surface area contributed by atoms with Crippen molar-refractivity contribution in [1.82, 2.24) is 15.5 Å². The fraction of sp³-hybridized carbons (Fsp3) is 0.375. The first kappa shape index (κ1) is 16.7. The molecule has 2 amide bonds. The summed E-state index contributed by atoms with van der Waals surface area (Å²) >= 11 is 0. The summed E-state index contributed by atoms with van der Waals surface area (Å²) in [5.41, 5.74) is 0.636. The molecule has 0 aliphatic carbocycles. The van der Waals surface area contributed by atoms with Crippen LogP contribution in [0.2, 0.25) is 0 Å². The SMILES string of the molecule is CCCCCNC(=O)c1cncc(C(=O)Nc2cc(C)on2)c1. The van der Waals surface area contributed by atoms with Crippen molar-refractivity contribution in [2.24, 2.45) is 0 Å². The van der Waals surface area contributed by atoms with Crippen molar-refractivity contribution in [3.8, 4) is 0 Å². The molecule has 0 spiro atoms. The largest absolute Gasteiger partial charge is 0.360 e. The summed E-state index contributed by atoms with van der Waals surface area (Å²) in [5, 5.41) is 9.09. The highest BCUT2D eigenvalue weighted by molar-refractivity contribution is 6.05. The maximum atomic E-state index is 12.1. The second-order valence-electron chi connectivity index (χ2n) is 5.20. The molecule has 23 heavy (non-hydrogen) atoms. The van der Waals surface area contributed by atoms with E-state index >= 15 is 0 Å². The molecule has 7 heteroatoms.